The Morgan fingerprint density at radius 1 is 0.600 bits per heavy atom. The van der Waals surface area contributed by atoms with Crippen molar-refractivity contribution in [2.45, 2.75) is 90.4 Å². The highest BCUT2D eigenvalue weighted by molar-refractivity contribution is 6.87. The van der Waals surface area contributed by atoms with Crippen LogP contribution in [-0.4, -0.2) is 8.07 Å². The summed E-state index contributed by atoms with van der Waals surface area (Å²) in [6.07, 6.45) is 0. The van der Waals surface area contributed by atoms with Gasteiger partial charge in [0.25, 0.3) is 0 Å². The Labute approximate surface area is 98.9 Å². The highest BCUT2D eigenvalue weighted by Crippen LogP contribution is 2.63. The summed E-state index contributed by atoms with van der Waals surface area (Å²) in [7, 11) is -1.37. The number of hydrogen-bond acceptors (Lipinski definition) is 0. The Hall–Kier alpha value is 0.217. The molecule has 0 nitrogen and oxygen atoms in total. The van der Waals surface area contributed by atoms with E-state index >= 15 is 0 Å². The summed E-state index contributed by atoms with van der Waals surface area (Å²) in [5.41, 5.74) is 0. The molecular formula is C14H32Si. The van der Waals surface area contributed by atoms with Gasteiger partial charge in [-0.1, -0.05) is 75.3 Å². The van der Waals surface area contributed by atoms with Gasteiger partial charge < -0.3 is 0 Å². The van der Waals surface area contributed by atoms with Crippen molar-refractivity contribution in [1.29, 1.82) is 0 Å². The van der Waals surface area contributed by atoms with E-state index in [9.17, 15) is 0 Å². The Morgan fingerprint density at radius 2 is 0.800 bits per heavy atom. The average molecular weight is 228 g/mol. The lowest BCUT2D eigenvalue weighted by molar-refractivity contribution is 0.529. The normalized spacial score (nSPS) is 15.6. The molecule has 0 heterocycles. The van der Waals surface area contributed by atoms with Crippen LogP contribution < -0.4 is 0 Å². The Balaban J connectivity index is 5.78. The maximum Gasteiger partial charge on any atom is 0.0694 e. The van der Waals surface area contributed by atoms with E-state index in [0.29, 0.717) is 15.1 Å². The predicted molar refractivity (Wildman–Crippen MR) is 75.4 cm³/mol. The van der Waals surface area contributed by atoms with E-state index in [-0.39, 0.29) is 0 Å². The molecule has 0 unspecified atom stereocenters. The SMILES string of the molecule is CC[Si](C(C)(C)C)(C(C)(C)C)C(C)(C)C. The summed E-state index contributed by atoms with van der Waals surface area (Å²) in [6, 6.07) is 1.38. The van der Waals surface area contributed by atoms with Crippen LogP contribution in [0.3, 0.4) is 0 Å². The molecule has 1 heteroatoms. The van der Waals surface area contributed by atoms with E-state index in [0.717, 1.165) is 0 Å². The minimum Gasteiger partial charge on any atom is -0.0677 e. The molecule has 0 rings (SSSR count). The Morgan fingerprint density at radius 3 is 0.800 bits per heavy atom. The molecule has 0 aromatic rings. The van der Waals surface area contributed by atoms with E-state index in [4.69, 9.17) is 0 Å². The number of hydrogen-bond donors (Lipinski definition) is 0. The summed E-state index contributed by atoms with van der Waals surface area (Å²) in [5, 5.41) is 1.41. The van der Waals surface area contributed by atoms with E-state index in [1.165, 1.54) is 6.04 Å². The van der Waals surface area contributed by atoms with Crippen molar-refractivity contribution >= 4 is 8.07 Å². The van der Waals surface area contributed by atoms with Gasteiger partial charge >= 0.3 is 0 Å². The Kier molecular flexibility index (Phi) is 3.96. The summed E-state index contributed by atoms with van der Waals surface area (Å²) in [6.45, 7) is 24.5. The lowest BCUT2D eigenvalue weighted by Crippen LogP contribution is -2.57. The lowest BCUT2D eigenvalue weighted by atomic mass is 10.2. The van der Waals surface area contributed by atoms with Gasteiger partial charge in [0.1, 0.15) is 0 Å². The van der Waals surface area contributed by atoms with Crippen molar-refractivity contribution in [3.8, 4) is 0 Å². The van der Waals surface area contributed by atoms with Crippen molar-refractivity contribution in [2.75, 3.05) is 0 Å². The molecule has 15 heavy (non-hydrogen) atoms. The van der Waals surface area contributed by atoms with Gasteiger partial charge in [0.2, 0.25) is 0 Å². The van der Waals surface area contributed by atoms with Gasteiger partial charge in [-0.15, -0.1) is 0 Å². The van der Waals surface area contributed by atoms with Crippen LogP contribution in [0.1, 0.15) is 69.2 Å². The van der Waals surface area contributed by atoms with Gasteiger partial charge in [0, 0.05) is 0 Å². The first-order valence-electron chi connectivity index (χ1n) is 6.31. The van der Waals surface area contributed by atoms with Gasteiger partial charge in [-0.2, -0.15) is 0 Å². The molecule has 0 saturated heterocycles. The molecule has 0 aliphatic rings. The predicted octanol–water partition coefficient (Wildman–Crippen LogP) is 5.86. The maximum absolute atomic E-state index is 2.46. The second-order valence-corrected chi connectivity index (χ2v) is 15.0. The van der Waals surface area contributed by atoms with E-state index in [1.54, 1.807) is 0 Å². The van der Waals surface area contributed by atoms with Crippen LogP contribution in [0.5, 0.6) is 0 Å². The highest BCUT2D eigenvalue weighted by Gasteiger charge is 2.57. The third-order valence-corrected chi connectivity index (χ3v) is 13.1. The van der Waals surface area contributed by atoms with E-state index in [2.05, 4.69) is 69.2 Å². The van der Waals surface area contributed by atoms with Crippen molar-refractivity contribution in [2.24, 2.45) is 0 Å². The molecule has 0 saturated carbocycles. The first-order chi connectivity index (χ1) is 6.31. The van der Waals surface area contributed by atoms with Crippen molar-refractivity contribution in [3.05, 3.63) is 0 Å². The maximum atomic E-state index is 2.46. The third kappa shape index (κ3) is 2.32. The van der Waals surface area contributed by atoms with E-state index < -0.39 is 8.07 Å². The molecule has 0 atom stereocenters. The zero-order valence-corrected chi connectivity index (χ0v) is 13.7. The minimum absolute atomic E-state index is 0.470. The standard InChI is InChI=1S/C14H32Si/c1-11-15(12(2,3)4,13(5,6)7)14(8,9)10/h11H2,1-10H3. The zero-order valence-electron chi connectivity index (χ0n) is 12.7. The molecule has 0 spiro atoms. The monoisotopic (exact) mass is 228 g/mol. The molecule has 0 radical (unpaired) electrons. The fourth-order valence-corrected chi connectivity index (χ4v) is 14.9. The van der Waals surface area contributed by atoms with Gasteiger partial charge in [-0.05, 0) is 15.1 Å². The topological polar surface area (TPSA) is 0 Å². The molecule has 0 aromatic heterocycles. The van der Waals surface area contributed by atoms with Crippen LogP contribution in [0.2, 0.25) is 21.2 Å². The summed E-state index contributed by atoms with van der Waals surface area (Å²) < 4.78 is 0. The van der Waals surface area contributed by atoms with Crippen LogP contribution in [0.15, 0.2) is 0 Å². The van der Waals surface area contributed by atoms with Gasteiger partial charge in [-0.3, -0.25) is 0 Å². The van der Waals surface area contributed by atoms with Crippen LogP contribution in [0, 0.1) is 0 Å². The summed E-state index contributed by atoms with van der Waals surface area (Å²) >= 11 is 0. The largest absolute Gasteiger partial charge is 0.0694 e. The average Bonchev–Trinajstić information content (AvgIpc) is 1.76. The quantitative estimate of drug-likeness (QED) is 0.493. The summed E-state index contributed by atoms with van der Waals surface area (Å²) in [5.74, 6) is 0. The van der Waals surface area contributed by atoms with Crippen LogP contribution in [-0.2, 0) is 0 Å². The van der Waals surface area contributed by atoms with Gasteiger partial charge in [0.05, 0.1) is 8.07 Å². The molecule has 0 aromatic carbocycles. The fourth-order valence-electron chi connectivity index (χ4n) is 4.97. The smallest absolute Gasteiger partial charge is 0.0677 e. The molecule has 0 bridgehead atoms. The first-order valence-corrected chi connectivity index (χ1v) is 8.52. The zero-order chi connectivity index (χ0) is 12.7. The van der Waals surface area contributed by atoms with Gasteiger partial charge in [-0.25, -0.2) is 0 Å². The molecule has 0 aliphatic heterocycles. The third-order valence-electron chi connectivity index (χ3n) is 4.37. The molecule has 0 N–H and O–H groups in total. The van der Waals surface area contributed by atoms with Crippen molar-refractivity contribution in [3.63, 3.8) is 0 Å². The summed E-state index contributed by atoms with van der Waals surface area (Å²) in [4.78, 5) is 0. The van der Waals surface area contributed by atoms with Crippen molar-refractivity contribution in [1.82, 2.24) is 0 Å². The molecule has 0 fully saturated rings. The molecule has 92 valence electrons. The second-order valence-electron chi connectivity index (χ2n) is 8.01. The second kappa shape index (κ2) is 3.91. The Bertz CT molecular complexity index is 171. The molecular weight excluding hydrogens is 196 g/mol. The van der Waals surface area contributed by atoms with Crippen molar-refractivity contribution < 1.29 is 0 Å². The lowest BCUT2D eigenvalue weighted by Gasteiger charge is -2.59. The molecule has 0 aliphatic carbocycles. The van der Waals surface area contributed by atoms with E-state index in [1.807, 2.05) is 0 Å². The first kappa shape index (κ1) is 15.2. The fraction of sp³-hybridized carbons (Fsp3) is 1.00. The minimum atomic E-state index is -1.37. The van der Waals surface area contributed by atoms with Crippen LogP contribution >= 0.6 is 0 Å². The van der Waals surface area contributed by atoms with Gasteiger partial charge in [0.15, 0.2) is 0 Å². The van der Waals surface area contributed by atoms with Crippen LogP contribution in [0.25, 0.3) is 0 Å². The van der Waals surface area contributed by atoms with Crippen LogP contribution in [0.4, 0.5) is 0 Å². The molecule has 0 amide bonds. The number of rotatable bonds is 1. The highest BCUT2D eigenvalue weighted by atomic mass is 28.3.